The van der Waals surface area contributed by atoms with E-state index in [1.54, 1.807) is 45.0 Å². The highest BCUT2D eigenvalue weighted by Crippen LogP contribution is 2.34. The van der Waals surface area contributed by atoms with E-state index in [0.29, 0.717) is 35.8 Å². The third-order valence-corrected chi connectivity index (χ3v) is 11.2. The summed E-state index contributed by atoms with van der Waals surface area (Å²) in [4.78, 5) is 99.0. The van der Waals surface area contributed by atoms with Crippen molar-refractivity contribution in [1.82, 2.24) is 14.7 Å². The van der Waals surface area contributed by atoms with Gasteiger partial charge in [-0.15, -0.1) is 23.2 Å². The number of ketones is 2. The van der Waals surface area contributed by atoms with Crippen LogP contribution in [-0.4, -0.2) is 120 Å². The molecule has 0 aliphatic carbocycles. The summed E-state index contributed by atoms with van der Waals surface area (Å²) in [5.41, 5.74) is 5.50. The SMILES string of the molecule is CC(C)(C)OC(=O)N1CCC(=O)C1.CC(C)(C)OC(=O)N1CCC(C(=O)Cc2ccc([N+](=O)[O-])cc2)(N(Cc2ccc(Cl)cc2)C(=O)CCl)C1.NCc1ccc(Cl)cc1.O=C(O)CCl.[C-]#[N+]c1ccc([N+](=O)[O-])cc1. The van der Waals surface area contributed by atoms with Gasteiger partial charge in [0.05, 0.1) is 29.5 Å². The second-order valence-corrected chi connectivity index (χ2v) is 19.8. The predicted octanol–water partition coefficient (Wildman–Crippen LogP) is 10.5. The van der Waals surface area contributed by atoms with Crippen molar-refractivity contribution in [2.45, 2.75) is 90.6 Å². The van der Waals surface area contributed by atoms with Crippen molar-refractivity contribution in [3.05, 3.63) is 155 Å². The molecule has 4 aromatic rings. The van der Waals surface area contributed by atoms with Crippen LogP contribution in [0, 0.1) is 26.8 Å². The number of aliphatic carboxylic acids is 1. The quantitative estimate of drug-likeness (QED) is 0.0612. The molecular formula is C51H59Cl4N7O13. The Labute approximate surface area is 454 Å². The van der Waals surface area contributed by atoms with Crippen LogP contribution in [0.25, 0.3) is 4.85 Å². The van der Waals surface area contributed by atoms with Gasteiger partial charge in [-0.1, -0.05) is 59.6 Å². The Balaban J connectivity index is 0.000000406. The van der Waals surface area contributed by atoms with E-state index in [-0.39, 0.29) is 73.7 Å². The summed E-state index contributed by atoms with van der Waals surface area (Å²) in [5, 5.41) is 30.0. The van der Waals surface area contributed by atoms with E-state index in [0.717, 1.165) is 16.1 Å². The van der Waals surface area contributed by atoms with Crippen LogP contribution in [0.5, 0.6) is 0 Å². The summed E-state index contributed by atoms with van der Waals surface area (Å²) >= 11 is 22.4. The molecule has 75 heavy (non-hydrogen) atoms. The van der Waals surface area contributed by atoms with E-state index in [1.807, 2.05) is 45.0 Å². The molecule has 20 nitrogen and oxygen atoms in total. The molecule has 1 atom stereocenters. The molecule has 0 radical (unpaired) electrons. The Hall–Kier alpha value is -6.89. The number of alkyl halides is 2. The van der Waals surface area contributed by atoms with Gasteiger partial charge in [0, 0.05) is 73.3 Å². The number of non-ortho nitro benzene ring substituents is 2. The molecule has 6 rings (SSSR count). The van der Waals surface area contributed by atoms with Gasteiger partial charge in [-0.05, 0) is 101 Å². The van der Waals surface area contributed by atoms with Crippen molar-refractivity contribution in [3.63, 3.8) is 0 Å². The molecule has 2 aliphatic heterocycles. The maximum Gasteiger partial charge on any atom is 0.410 e. The standard InChI is InChI=1S/C26H29Cl2N3O6.C9H15NO3.C7H8ClN.C7H4N2O2.C2H3ClO2/c1-25(2,3)37-24(34)29-13-12-26(17-29,22(32)14-18-6-10-21(11-7-18)31(35)36)30(23(33)15-27)16-19-4-8-20(28)9-5-19;1-9(2,3)13-8(12)10-5-4-7(11)6-10;8-7-3-1-6(5-9)2-4-7;1-8-6-2-4-7(5-3-6)9(10)11;3-1-2(4)5/h4-11H,12-17H2,1-3H3;4-6H2,1-3H3;1-4H,5,9H2;2-5H;1H2,(H,4,5). The second kappa shape index (κ2) is 30.5. The number of halogens is 4. The fourth-order valence-electron chi connectivity index (χ4n) is 6.67. The van der Waals surface area contributed by atoms with Gasteiger partial charge < -0.3 is 35.0 Å². The number of carboxylic acid groups (broad SMARTS) is 1. The van der Waals surface area contributed by atoms with Crippen molar-refractivity contribution in [2.75, 3.05) is 37.9 Å². The lowest BCUT2D eigenvalue weighted by Crippen LogP contribution is -2.59. The molecule has 24 heteroatoms. The number of amides is 3. The number of benzene rings is 4. The topological polar surface area (TPSA) is 267 Å². The van der Waals surface area contributed by atoms with E-state index in [4.69, 9.17) is 73.3 Å². The molecule has 1 unspecified atom stereocenters. The van der Waals surface area contributed by atoms with Gasteiger partial charge in [-0.25, -0.2) is 14.4 Å². The largest absolute Gasteiger partial charge is 0.480 e. The van der Waals surface area contributed by atoms with E-state index in [1.165, 1.54) is 63.2 Å². The van der Waals surface area contributed by atoms with Gasteiger partial charge in [0.1, 0.15) is 28.5 Å². The van der Waals surface area contributed by atoms with Crippen LogP contribution in [0.2, 0.25) is 10.0 Å². The van der Waals surface area contributed by atoms with Crippen LogP contribution in [0.3, 0.4) is 0 Å². The average molecular weight is 1120 g/mol. The third kappa shape index (κ3) is 23.0. The summed E-state index contributed by atoms with van der Waals surface area (Å²) in [7, 11) is 0. The summed E-state index contributed by atoms with van der Waals surface area (Å²) in [6.07, 6.45) is -0.416. The Kier molecular flexibility index (Phi) is 26.1. The van der Waals surface area contributed by atoms with Gasteiger partial charge in [-0.2, -0.15) is 0 Å². The minimum absolute atomic E-state index is 0.0115. The van der Waals surface area contributed by atoms with E-state index in [2.05, 4.69) is 4.85 Å². The lowest BCUT2D eigenvalue weighted by Gasteiger charge is -2.40. The van der Waals surface area contributed by atoms with Gasteiger partial charge >= 0.3 is 18.2 Å². The summed E-state index contributed by atoms with van der Waals surface area (Å²) in [6, 6.07) is 25.5. The summed E-state index contributed by atoms with van der Waals surface area (Å²) in [5.74, 6) is -2.30. The maximum absolute atomic E-state index is 13.9. The molecule has 2 fully saturated rings. The molecule has 2 saturated heterocycles. The number of hydrogen-bond acceptors (Lipinski definition) is 13. The number of carbonyl (C=O) groups is 6. The minimum Gasteiger partial charge on any atom is -0.480 e. The summed E-state index contributed by atoms with van der Waals surface area (Å²) < 4.78 is 10.6. The lowest BCUT2D eigenvalue weighted by atomic mass is 9.86. The van der Waals surface area contributed by atoms with Crippen molar-refractivity contribution in [2.24, 2.45) is 5.73 Å². The van der Waals surface area contributed by atoms with Crippen molar-refractivity contribution in [3.8, 4) is 0 Å². The number of nitrogens with zero attached hydrogens (tertiary/aromatic N) is 6. The number of rotatable bonds is 11. The second-order valence-electron chi connectivity index (χ2n) is 18.4. The first-order valence-corrected chi connectivity index (χ1v) is 24.6. The lowest BCUT2D eigenvalue weighted by molar-refractivity contribution is -0.385. The molecule has 2 aliphatic rings. The molecule has 404 valence electrons. The zero-order valence-corrected chi connectivity index (χ0v) is 45.2. The molecule has 4 aromatic carbocycles. The number of hydrogen-bond donors (Lipinski definition) is 2. The number of nitro groups is 2. The molecule has 0 spiro atoms. The number of ether oxygens (including phenoxy) is 2. The fourth-order valence-corrected chi connectivity index (χ4v) is 7.06. The zero-order valence-electron chi connectivity index (χ0n) is 42.1. The van der Waals surface area contributed by atoms with Gasteiger partial charge in [0.15, 0.2) is 17.3 Å². The Morgan fingerprint density at radius 3 is 1.56 bits per heavy atom. The van der Waals surface area contributed by atoms with Crippen molar-refractivity contribution < 1.29 is 53.2 Å². The minimum atomic E-state index is -1.37. The smallest absolute Gasteiger partial charge is 0.410 e. The van der Waals surface area contributed by atoms with Crippen molar-refractivity contribution in [1.29, 1.82) is 0 Å². The predicted molar refractivity (Wildman–Crippen MR) is 284 cm³/mol. The molecule has 3 amide bonds. The van der Waals surface area contributed by atoms with Crippen LogP contribution < -0.4 is 5.73 Å². The third-order valence-electron chi connectivity index (χ3n) is 10.2. The molecule has 0 bridgehead atoms. The molecule has 0 aromatic heterocycles. The number of Topliss-reactive ketones (excluding diaryl/α,β-unsaturated/α-hetero) is 2. The maximum atomic E-state index is 13.9. The Morgan fingerprint density at radius 1 is 0.733 bits per heavy atom. The van der Waals surface area contributed by atoms with Gasteiger partial charge in [-0.3, -0.25) is 39.4 Å². The number of likely N-dealkylation sites (tertiary alicyclic amines) is 2. The number of carboxylic acids is 1. The molecular weight excluding hydrogens is 1060 g/mol. The summed E-state index contributed by atoms with van der Waals surface area (Å²) in [6.45, 7) is 18.7. The van der Waals surface area contributed by atoms with Gasteiger partial charge in [0.25, 0.3) is 11.4 Å². The Morgan fingerprint density at radius 2 is 1.17 bits per heavy atom. The van der Waals surface area contributed by atoms with Crippen LogP contribution in [0.4, 0.5) is 26.7 Å². The average Bonchev–Trinajstić information content (AvgIpc) is 4.02. The van der Waals surface area contributed by atoms with E-state index >= 15 is 0 Å². The van der Waals surface area contributed by atoms with Crippen molar-refractivity contribution >= 4 is 99.1 Å². The normalized spacial score (nSPS) is 14.6. The zero-order chi connectivity index (χ0) is 56.7. The fraction of sp³-hybridized carbons (Fsp3) is 0.392. The first kappa shape index (κ1) is 64.2. The van der Waals surface area contributed by atoms with E-state index in [9.17, 15) is 49.0 Å². The monoisotopic (exact) mass is 1120 g/mol. The van der Waals surface area contributed by atoms with Crippen LogP contribution in [0.15, 0.2) is 97.1 Å². The van der Waals surface area contributed by atoms with Crippen LogP contribution in [-0.2, 0) is 48.2 Å². The molecule has 2 heterocycles. The number of carbonyl (C=O) groups excluding carboxylic acids is 5. The van der Waals surface area contributed by atoms with E-state index < -0.39 is 50.7 Å². The number of nitro benzene ring substituents is 2. The first-order chi connectivity index (χ1) is 35.1. The first-order valence-electron chi connectivity index (χ1n) is 22.8. The molecule has 3 N–H and O–H groups in total. The number of nitrogens with two attached hydrogens (primary N) is 1. The Bertz CT molecular complexity index is 2620. The van der Waals surface area contributed by atoms with Gasteiger partial charge in [0.2, 0.25) is 5.91 Å². The van der Waals surface area contributed by atoms with Crippen LogP contribution >= 0.6 is 46.4 Å². The molecule has 0 saturated carbocycles. The highest BCUT2D eigenvalue weighted by molar-refractivity contribution is 6.31. The van der Waals surface area contributed by atoms with Crippen LogP contribution in [0.1, 0.15) is 71.1 Å². The highest BCUT2D eigenvalue weighted by Gasteiger charge is 2.52. The highest BCUT2D eigenvalue weighted by atomic mass is 35.5.